The zero-order valence-corrected chi connectivity index (χ0v) is 10.6. The summed E-state index contributed by atoms with van der Waals surface area (Å²) >= 11 is 6.33. The van der Waals surface area contributed by atoms with Gasteiger partial charge in [0.2, 0.25) is 0 Å². The lowest BCUT2D eigenvalue weighted by Gasteiger charge is -2.20. The van der Waals surface area contributed by atoms with Gasteiger partial charge in [0.1, 0.15) is 19.0 Å². The minimum absolute atomic E-state index is 0.501. The molecule has 0 radical (unpaired) electrons. The molecule has 0 spiro atoms. The van der Waals surface area contributed by atoms with Crippen molar-refractivity contribution in [2.24, 2.45) is 7.05 Å². The molecule has 0 aliphatic carbocycles. The second-order valence-corrected chi connectivity index (χ2v) is 4.41. The Balaban J connectivity index is 2.13. The van der Waals surface area contributed by atoms with Crippen molar-refractivity contribution in [2.45, 2.75) is 0 Å². The molecule has 0 amide bonds. The van der Waals surface area contributed by atoms with Gasteiger partial charge in [-0.3, -0.25) is 4.68 Å². The van der Waals surface area contributed by atoms with Crippen LogP contribution in [-0.4, -0.2) is 23.0 Å². The van der Waals surface area contributed by atoms with Crippen LogP contribution in [0.15, 0.2) is 18.2 Å². The van der Waals surface area contributed by atoms with Gasteiger partial charge < -0.3 is 15.2 Å². The average molecular weight is 266 g/mol. The van der Waals surface area contributed by atoms with E-state index in [1.165, 1.54) is 0 Å². The zero-order valence-electron chi connectivity index (χ0n) is 9.81. The summed E-state index contributed by atoms with van der Waals surface area (Å²) in [6, 6.07) is 5.47. The van der Waals surface area contributed by atoms with Crippen LogP contribution in [0.3, 0.4) is 0 Å². The van der Waals surface area contributed by atoms with Crippen molar-refractivity contribution in [1.82, 2.24) is 9.78 Å². The van der Waals surface area contributed by atoms with Crippen LogP contribution in [0.25, 0.3) is 11.3 Å². The van der Waals surface area contributed by atoms with E-state index in [1.807, 2.05) is 12.1 Å². The summed E-state index contributed by atoms with van der Waals surface area (Å²) < 4.78 is 12.6. The minimum atomic E-state index is 0.501. The molecular weight excluding hydrogens is 254 g/mol. The van der Waals surface area contributed by atoms with Crippen molar-refractivity contribution < 1.29 is 9.47 Å². The number of rotatable bonds is 1. The van der Waals surface area contributed by atoms with Crippen molar-refractivity contribution >= 4 is 17.4 Å². The number of nitrogens with two attached hydrogens (primary N) is 1. The van der Waals surface area contributed by atoms with Crippen molar-refractivity contribution in [2.75, 3.05) is 18.9 Å². The Morgan fingerprint density at radius 2 is 2.11 bits per heavy atom. The molecule has 0 atom stereocenters. The van der Waals surface area contributed by atoms with Gasteiger partial charge in [0.15, 0.2) is 11.5 Å². The number of fused-ring (bicyclic) bond motifs is 1. The molecule has 6 heteroatoms. The van der Waals surface area contributed by atoms with Gasteiger partial charge >= 0.3 is 0 Å². The van der Waals surface area contributed by atoms with E-state index in [0.29, 0.717) is 35.6 Å². The number of nitrogens with zero attached hydrogens (tertiary/aromatic N) is 2. The van der Waals surface area contributed by atoms with Gasteiger partial charge in [-0.05, 0) is 12.1 Å². The molecule has 0 saturated carbocycles. The molecule has 5 nitrogen and oxygen atoms in total. The number of anilines is 1. The normalized spacial score (nSPS) is 13.7. The largest absolute Gasteiger partial charge is 0.486 e. The van der Waals surface area contributed by atoms with Gasteiger partial charge in [-0.2, -0.15) is 5.10 Å². The predicted octanol–water partition coefficient (Wildman–Crippen LogP) is 2.09. The van der Waals surface area contributed by atoms with Gasteiger partial charge in [0.25, 0.3) is 0 Å². The van der Waals surface area contributed by atoms with Crippen LogP contribution in [-0.2, 0) is 7.05 Å². The maximum atomic E-state index is 6.33. The summed E-state index contributed by atoms with van der Waals surface area (Å²) in [5.41, 5.74) is 7.27. The van der Waals surface area contributed by atoms with E-state index in [1.54, 1.807) is 17.8 Å². The van der Waals surface area contributed by atoms with Gasteiger partial charge in [-0.25, -0.2) is 0 Å². The molecule has 2 N–H and O–H groups in total. The van der Waals surface area contributed by atoms with Crippen LogP contribution in [0.1, 0.15) is 0 Å². The maximum Gasteiger partial charge on any atom is 0.180 e. The Kier molecular flexibility index (Phi) is 2.56. The summed E-state index contributed by atoms with van der Waals surface area (Å²) in [6.07, 6.45) is 0. The number of halogens is 1. The second-order valence-electron chi connectivity index (χ2n) is 4.03. The monoisotopic (exact) mass is 265 g/mol. The summed E-state index contributed by atoms with van der Waals surface area (Å²) in [5, 5.41) is 4.81. The van der Waals surface area contributed by atoms with Gasteiger partial charge in [0, 0.05) is 18.7 Å². The standard InChI is InChI=1S/C12H12ClN3O2/c1-16-10(14)6-8(15-16)7-2-3-9-12(11(7)13)18-5-4-17-9/h2-3,6H,4-5,14H2,1H3. The maximum absolute atomic E-state index is 6.33. The highest BCUT2D eigenvalue weighted by atomic mass is 35.5. The first-order chi connectivity index (χ1) is 8.66. The minimum Gasteiger partial charge on any atom is -0.486 e. The quantitative estimate of drug-likeness (QED) is 0.858. The fourth-order valence-electron chi connectivity index (χ4n) is 1.89. The first kappa shape index (κ1) is 11.2. The highest BCUT2D eigenvalue weighted by Gasteiger charge is 2.20. The van der Waals surface area contributed by atoms with Crippen LogP contribution >= 0.6 is 11.6 Å². The highest BCUT2D eigenvalue weighted by Crippen LogP contribution is 2.43. The predicted molar refractivity (Wildman–Crippen MR) is 69.1 cm³/mol. The van der Waals surface area contributed by atoms with Gasteiger partial charge in [-0.1, -0.05) is 11.6 Å². The van der Waals surface area contributed by atoms with Crippen LogP contribution in [0.5, 0.6) is 11.5 Å². The van der Waals surface area contributed by atoms with Crippen LogP contribution < -0.4 is 15.2 Å². The van der Waals surface area contributed by atoms with Crippen LogP contribution in [0, 0.1) is 0 Å². The van der Waals surface area contributed by atoms with E-state index < -0.39 is 0 Å². The van der Waals surface area contributed by atoms with E-state index in [-0.39, 0.29) is 0 Å². The molecule has 1 aliphatic rings. The third-order valence-electron chi connectivity index (χ3n) is 2.84. The average Bonchev–Trinajstić information content (AvgIpc) is 2.70. The molecule has 1 aromatic heterocycles. The number of aryl methyl sites for hydroxylation is 1. The zero-order chi connectivity index (χ0) is 12.7. The lowest BCUT2D eigenvalue weighted by molar-refractivity contribution is 0.172. The first-order valence-corrected chi connectivity index (χ1v) is 5.92. The van der Waals surface area contributed by atoms with Crippen LogP contribution in [0.4, 0.5) is 5.82 Å². The van der Waals surface area contributed by atoms with E-state index in [4.69, 9.17) is 26.8 Å². The SMILES string of the molecule is Cn1nc(-c2ccc3c(c2Cl)OCCO3)cc1N. The van der Waals surface area contributed by atoms with Crippen molar-refractivity contribution in [3.63, 3.8) is 0 Å². The third kappa shape index (κ3) is 1.67. The van der Waals surface area contributed by atoms with Crippen LogP contribution in [0.2, 0.25) is 5.02 Å². The molecule has 0 fully saturated rings. The van der Waals surface area contributed by atoms with E-state index >= 15 is 0 Å². The van der Waals surface area contributed by atoms with Gasteiger partial charge in [-0.15, -0.1) is 0 Å². The molecule has 94 valence electrons. The molecule has 1 aliphatic heterocycles. The lowest BCUT2D eigenvalue weighted by Crippen LogP contribution is -2.15. The fourth-order valence-corrected chi connectivity index (χ4v) is 2.20. The Bertz CT molecular complexity index is 590. The Hall–Kier alpha value is -1.88. The molecule has 2 heterocycles. The topological polar surface area (TPSA) is 62.3 Å². The van der Waals surface area contributed by atoms with Gasteiger partial charge in [0.05, 0.1) is 10.7 Å². The molecular formula is C12H12ClN3O2. The summed E-state index contributed by atoms with van der Waals surface area (Å²) in [7, 11) is 1.78. The summed E-state index contributed by atoms with van der Waals surface area (Å²) in [4.78, 5) is 0. The Morgan fingerprint density at radius 3 is 2.83 bits per heavy atom. The number of ether oxygens (including phenoxy) is 2. The summed E-state index contributed by atoms with van der Waals surface area (Å²) in [6.45, 7) is 1.04. The van der Waals surface area contributed by atoms with Crippen molar-refractivity contribution in [3.8, 4) is 22.8 Å². The molecule has 3 rings (SSSR count). The molecule has 0 saturated heterocycles. The van der Waals surface area contributed by atoms with Crippen molar-refractivity contribution in [3.05, 3.63) is 23.2 Å². The number of aromatic nitrogens is 2. The molecule has 1 aromatic carbocycles. The lowest BCUT2D eigenvalue weighted by atomic mass is 10.1. The molecule has 0 unspecified atom stereocenters. The number of hydrogen-bond donors (Lipinski definition) is 1. The second kappa shape index (κ2) is 4.10. The number of hydrogen-bond acceptors (Lipinski definition) is 4. The molecule has 18 heavy (non-hydrogen) atoms. The Labute approximate surface area is 109 Å². The first-order valence-electron chi connectivity index (χ1n) is 5.55. The molecule has 0 bridgehead atoms. The highest BCUT2D eigenvalue weighted by molar-refractivity contribution is 6.35. The van der Waals surface area contributed by atoms with Crippen molar-refractivity contribution in [1.29, 1.82) is 0 Å². The fraction of sp³-hybridized carbons (Fsp3) is 0.250. The third-order valence-corrected chi connectivity index (χ3v) is 3.22. The summed E-state index contributed by atoms with van der Waals surface area (Å²) in [5.74, 6) is 1.82. The van der Waals surface area contributed by atoms with E-state index in [9.17, 15) is 0 Å². The smallest absolute Gasteiger partial charge is 0.180 e. The number of benzene rings is 1. The number of nitrogen functional groups attached to an aromatic ring is 1. The molecule has 2 aromatic rings. The Morgan fingerprint density at radius 1 is 1.33 bits per heavy atom. The van der Waals surface area contributed by atoms with E-state index in [0.717, 1.165) is 11.3 Å². The van der Waals surface area contributed by atoms with E-state index in [2.05, 4.69) is 5.10 Å².